The summed E-state index contributed by atoms with van der Waals surface area (Å²) in [5, 5.41) is 9.16. The van der Waals surface area contributed by atoms with Crippen LogP contribution in [0.3, 0.4) is 0 Å². The van der Waals surface area contributed by atoms with Crippen molar-refractivity contribution in [3.8, 4) is 0 Å². The van der Waals surface area contributed by atoms with Gasteiger partial charge in [-0.25, -0.2) is 4.57 Å². The van der Waals surface area contributed by atoms with Crippen molar-refractivity contribution in [2.75, 3.05) is 5.88 Å². The molecule has 0 unspecified atom stereocenters. The molecule has 0 bridgehead atoms. The molecule has 0 aromatic carbocycles. The van der Waals surface area contributed by atoms with E-state index in [4.69, 9.17) is 16.7 Å². The molecule has 0 aliphatic heterocycles. The number of pyridine rings is 1. The van der Waals surface area contributed by atoms with Gasteiger partial charge in [-0.2, -0.15) is 0 Å². The topological polar surface area (TPSA) is 24.1 Å². The standard InChI is InChI=1S/C8H11ClNO/c9-6-8(11)7-10-4-2-1-3-5-10/h1-5,8,11H,6-7H2/q+1/t8-/m0/s1. The number of aromatic nitrogens is 1. The van der Waals surface area contributed by atoms with Crippen molar-refractivity contribution in [1.82, 2.24) is 0 Å². The normalized spacial score (nSPS) is 12.9. The van der Waals surface area contributed by atoms with Crippen LogP contribution in [0.2, 0.25) is 0 Å². The summed E-state index contributed by atoms with van der Waals surface area (Å²) in [6.45, 7) is 0.560. The highest BCUT2D eigenvalue weighted by atomic mass is 35.5. The van der Waals surface area contributed by atoms with Crippen molar-refractivity contribution >= 4 is 11.6 Å². The van der Waals surface area contributed by atoms with Crippen molar-refractivity contribution in [2.24, 2.45) is 0 Å². The van der Waals surface area contributed by atoms with Gasteiger partial charge in [-0.05, 0) is 0 Å². The van der Waals surface area contributed by atoms with E-state index >= 15 is 0 Å². The fourth-order valence-corrected chi connectivity index (χ4v) is 0.946. The molecule has 2 nitrogen and oxygen atoms in total. The number of halogens is 1. The first-order chi connectivity index (χ1) is 5.33. The van der Waals surface area contributed by atoms with Gasteiger partial charge in [-0.1, -0.05) is 6.07 Å². The second-order valence-corrected chi connectivity index (χ2v) is 2.69. The van der Waals surface area contributed by atoms with Crippen LogP contribution in [0.5, 0.6) is 0 Å². The zero-order valence-corrected chi connectivity index (χ0v) is 6.91. The fraction of sp³-hybridized carbons (Fsp3) is 0.375. The van der Waals surface area contributed by atoms with Gasteiger partial charge in [0.25, 0.3) is 0 Å². The number of hydrogen-bond donors (Lipinski definition) is 1. The third-order valence-electron chi connectivity index (χ3n) is 1.38. The molecule has 0 spiro atoms. The van der Waals surface area contributed by atoms with E-state index in [1.165, 1.54) is 0 Å². The Hall–Kier alpha value is -0.600. The third-order valence-corrected chi connectivity index (χ3v) is 1.73. The van der Waals surface area contributed by atoms with E-state index < -0.39 is 6.10 Å². The molecular formula is C8H11ClNO+. The monoisotopic (exact) mass is 172 g/mol. The van der Waals surface area contributed by atoms with Crippen LogP contribution in [-0.2, 0) is 6.54 Å². The van der Waals surface area contributed by atoms with Gasteiger partial charge >= 0.3 is 0 Å². The lowest BCUT2D eigenvalue weighted by Gasteiger charge is -2.00. The van der Waals surface area contributed by atoms with Gasteiger partial charge in [0.1, 0.15) is 6.10 Å². The molecule has 3 heteroatoms. The molecule has 0 radical (unpaired) electrons. The highest BCUT2D eigenvalue weighted by Crippen LogP contribution is 1.87. The fourth-order valence-electron chi connectivity index (χ4n) is 0.848. The molecule has 60 valence electrons. The Kier molecular flexibility index (Phi) is 3.33. The first-order valence-electron chi connectivity index (χ1n) is 3.51. The number of alkyl halides is 1. The molecule has 1 aromatic rings. The average Bonchev–Trinajstić information content (AvgIpc) is 2.06. The van der Waals surface area contributed by atoms with Gasteiger partial charge < -0.3 is 5.11 Å². The zero-order chi connectivity index (χ0) is 8.10. The van der Waals surface area contributed by atoms with E-state index in [1.54, 1.807) is 0 Å². The van der Waals surface area contributed by atoms with E-state index in [0.29, 0.717) is 6.54 Å². The Morgan fingerprint density at radius 2 is 1.91 bits per heavy atom. The summed E-state index contributed by atoms with van der Waals surface area (Å²) in [6, 6.07) is 5.77. The first-order valence-corrected chi connectivity index (χ1v) is 4.04. The van der Waals surface area contributed by atoms with Crippen molar-refractivity contribution in [1.29, 1.82) is 0 Å². The minimum Gasteiger partial charge on any atom is -0.385 e. The van der Waals surface area contributed by atoms with Crippen LogP contribution in [0.25, 0.3) is 0 Å². The smallest absolute Gasteiger partial charge is 0.175 e. The first kappa shape index (κ1) is 8.50. The summed E-state index contributed by atoms with van der Waals surface area (Å²) in [4.78, 5) is 0. The Bertz CT molecular complexity index is 203. The van der Waals surface area contributed by atoms with Crippen LogP contribution in [0.4, 0.5) is 0 Å². The molecule has 0 saturated heterocycles. The second kappa shape index (κ2) is 4.31. The third kappa shape index (κ3) is 2.87. The Balaban J connectivity index is 2.51. The van der Waals surface area contributed by atoms with E-state index in [9.17, 15) is 0 Å². The van der Waals surface area contributed by atoms with Crippen LogP contribution in [0.15, 0.2) is 30.6 Å². The van der Waals surface area contributed by atoms with Gasteiger partial charge in [0, 0.05) is 12.1 Å². The maximum Gasteiger partial charge on any atom is 0.175 e. The Morgan fingerprint density at radius 3 is 2.45 bits per heavy atom. The highest BCUT2D eigenvalue weighted by molar-refractivity contribution is 6.18. The minimum absolute atomic E-state index is 0.280. The minimum atomic E-state index is -0.455. The lowest BCUT2D eigenvalue weighted by Crippen LogP contribution is -2.39. The second-order valence-electron chi connectivity index (χ2n) is 2.38. The molecule has 1 aromatic heterocycles. The van der Waals surface area contributed by atoms with E-state index in [2.05, 4.69) is 0 Å². The molecule has 1 N–H and O–H groups in total. The van der Waals surface area contributed by atoms with Crippen molar-refractivity contribution in [3.63, 3.8) is 0 Å². The van der Waals surface area contributed by atoms with Crippen LogP contribution in [0, 0.1) is 0 Å². The molecule has 11 heavy (non-hydrogen) atoms. The number of aliphatic hydroxyl groups is 1. The van der Waals surface area contributed by atoms with E-state index in [-0.39, 0.29) is 5.88 Å². The molecule has 1 atom stereocenters. The largest absolute Gasteiger partial charge is 0.385 e. The predicted octanol–water partition coefficient (Wildman–Crippen LogP) is 0.574. The maximum absolute atomic E-state index is 9.16. The van der Waals surface area contributed by atoms with Crippen molar-refractivity contribution < 1.29 is 9.67 Å². The molecule has 0 aliphatic carbocycles. The van der Waals surface area contributed by atoms with Crippen LogP contribution >= 0.6 is 11.6 Å². The predicted molar refractivity (Wildman–Crippen MR) is 43.4 cm³/mol. The Labute approximate surface area is 71.1 Å². The average molecular weight is 173 g/mol. The number of nitrogens with zero attached hydrogens (tertiary/aromatic N) is 1. The quantitative estimate of drug-likeness (QED) is 0.523. The van der Waals surface area contributed by atoms with Gasteiger partial charge in [-0.15, -0.1) is 11.6 Å². The summed E-state index contributed by atoms with van der Waals surface area (Å²) in [6.07, 6.45) is 3.34. The summed E-state index contributed by atoms with van der Waals surface area (Å²) in [7, 11) is 0. The van der Waals surface area contributed by atoms with Crippen molar-refractivity contribution in [2.45, 2.75) is 12.6 Å². The summed E-state index contributed by atoms with van der Waals surface area (Å²) in [5.74, 6) is 0.280. The zero-order valence-electron chi connectivity index (χ0n) is 6.15. The maximum atomic E-state index is 9.16. The van der Waals surface area contributed by atoms with Crippen LogP contribution in [-0.4, -0.2) is 17.1 Å². The van der Waals surface area contributed by atoms with Crippen LogP contribution < -0.4 is 4.57 Å². The summed E-state index contributed by atoms with van der Waals surface area (Å²) >= 11 is 5.44. The summed E-state index contributed by atoms with van der Waals surface area (Å²) < 4.78 is 1.90. The van der Waals surface area contributed by atoms with E-state index in [0.717, 1.165) is 0 Å². The van der Waals surface area contributed by atoms with Gasteiger partial charge in [0.15, 0.2) is 18.9 Å². The Morgan fingerprint density at radius 1 is 1.27 bits per heavy atom. The summed E-state index contributed by atoms with van der Waals surface area (Å²) in [5.41, 5.74) is 0. The van der Waals surface area contributed by atoms with Gasteiger partial charge in [-0.3, -0.25) is 0 Å². The molecule has 0 saturated carbocycles. The van der Waals surface area contributed by atoms with Gasteiger partial charge in [0.05, 0.1) is 5.88 Å². The number of rotatable bonds is 3. The lowest BCUT2D eigenvalue weighted by molar-refractivity contribution is -0.703. The molecule has 1 heterocycles. The molecule has 0 amide bonds. The number of aliphatic hydroxyl groups excluding tert-OH is 1. The van der Waals surface area contributed by atoms with Gasteiger partial charge in [0.2, 0.25) is 0 Å². The van der Waals surface area contributed by atoms with Crippen molar-refractivity contribution in [3.05, 3.63) is 30.6 Å². The lowest BCUT2D eigenvalue weighted by atomic mass is 10.4. The SMILES string of the molecule is O[C@@H](CCl)C[n+]1ccccc1. The molecular weight excluding hydrogens is 162 g/mol. The molecule has 0 fully saturated rings. The molecule has 0 aliphatic rings. The highest BCUT2D eigenvalue weighted by Gasteiger charge is 2.07. The van der Waals surface area contributed by atoms with E-state index in [1.807, 2.05) is 35.2 Å². The number of hydrogen-bond acceptors (Lipinski definition) is 1. The van der Waals surface area contributed by atoms with Crippen LogP contribution in [0.1, 0.15) is 0 Å². The molecule has 1 rings (SSSR count).